The predicted octanol–water partition coefficient (Wildman–Crippen LogP) is 3.18. The number of rotatable bonds is 6. The van der Waals surface area contributed by atoms with E-state index in [1.165, 1.54) is 18.2 Å². The lowest BCUT2D eigenvalue weighted by molar-refractivity contribution is -0.144. The van der Waals surface area contributed by atoms with Crippen LogP contribution in [-0.4, -0.2) is 24.5 Å². The van der Waals surface area contributed by atoms with Crippen LogP contribution in [0.15, 0.2) is 30.3 Å². The van der Waals surface area contributed by atoms with Crippen molar-refractivity contribution in [3.8, 4) is 0 Å². The van der Waals surface area contributed by atoms with Crippen molar-refractivity contribution in [1.29, 1.82) is 0 Å². The zero-order chi connectivity index (χ0) is 17.7. The molecule has 2 rings (SSSR count). The van der Waals surface area contributed by atoms with Gasteiger partial charge in [0.15, 0.2) is 6.61 Å². The molecule has 1 aromatic carbocycles. The lowest BCUT2D eigenvalue weighted by Gasteiger charge is -2.12. The molecule has 1 N–H and O–H groups in total. The molecule has 0 aromatic heterocycles. The molecule has 1 aliphatic rings. The van der Waals surface area contributed by atoms with Crippen LogP contribution in [0.2, 0.25) is 0 Å². The van der Waals surface area contributed by atoms with Crippen molar-refractivity contribution in [3.63, 3.8) is 0 Å². The molecule has 1 saturated carbocycles. The van der Waals surface area contributed by atoms with Crippen molar-refractivity contribution in [1.82, 2.24) is 5.32 Å². The highest BCUT2D eigenvalue weighted by Crippen LogP contribution is 2.32. The van der Waals surface area contributed by atoms with Gasteiger partial charge in [0.2, 0.25) is 0 Å². The topological polar surface area (TPSA) is 55.4 Å². The Balaban J connectivity index is 1.81. The summed E-state index contributed by atoms with van der Waals surface area (Å²) in [5.41, 5.74) is -0.583. The van der Waals surface area contributed by atoms with E-state index in [2.05, 4.69) is 5.32 Å². The fraction of sp³-hybridized carbons (Fsp3) is 0.412. The van der Waals surface area contributed by atoms with Crippen LogP contribution in [0.3, 0.4) is 0 Å². The standard InChI is InChI=1S/C17H18F3NO3/c1-11(13-6-7-13)21-15(22)10-24-16(23)8-5-12-3-2-4-14(9-12)17(18,19)20/h2-5,8-9,11,13H,6-7,10H2,1H3,(H,21,22)/b8-5+/t11-/m1/s1. The minimum Gasteiger partial charge on any atom is -0.452 e. The van der Waals surface area contributed by atoms with E-state index in [9.17, 15) is 22.8 Å². The van der Waals surface area contributed by atoms with Crippen molar-refractivity contribution in [2.75, 3.05) is 6.61 Å². The molecule has 4 nitrogen and oxygen atoms in total. The summed E-state index contributed by atoms with van der Waals surface area (Å²) in [7, 11) is 0. The van der Waals surface area contributed by atoms with Crippen molar-refractivity contribution in [3.05, 3.63) is 41.5 Å². The van der Waals surface area contributed by atoms with Crippen LogP contribution in [-0.2, 0) is 20.5 Å². The van der Waals surface area contributed by atoms with Crippen molar-refractivity contribution in [2.45, 2.75) is 32.0 Å². The van der Waals surface area contributed by atoms with E-state index in [4.69, 9.17) is 4.74 Å². The highest BCUT2D eigenvalue weighted by Gasteiger charge is 2.30. The van der Waals surface area contributed by atoms with Crippen molar-refractivity contribution >= 4 is 18.0 Å². The monoisotopic (exact) mass is 341 g/mol. The second-order valence-corrected chi connectivity index (χ2v) is 5.76. The number of hydrogen-bond acceptors (Lipinski definition) is 3. The average molecular weight is 341 g/mol. The molecule has 0 heterocycles. The number of carbonyl (C=O) groups excluding carboxylic acids is 2. The molecular formula is C17H18F3NO3. The van der Waals surface area contributed by atoms with E-state index < -0.39 is 30.2 Å². The molecule has 0 aliphatic heterocycles. The number of ether oxygens (including phenoxy) is 1. The zero-order valence-electron chi connectivity index (χ0n) is 13.1. The van der Waals surface area contributed by atoms with Gasteiger partial charge >= 0.3 is 12.1 Å². The highest BCUT2D eigenvalue weighted by atomic mass is 19.4. The zero-order valence-corrected chi connectivity index (χ0v) is 13.1. The van der Waals surface area contributed by atoms with Gasteiger partial charge in [-0.3, -0.25) is 4.79 Å². The number of amides is 1. The Hall–Kier alpha value is -2.31. The molecule has 130 valence electrons. The SMILES string of the molecule is C[C@@H](NC(=O)COC(=O)/C=C/c1cccc(C(F)(F)F)c1)C1CC1. The summed E-state index contributed by atoms with van der Waals surface area (Å²) in [6, 6.07) is 4.61. The Labute approximate surface area is 137 Å². The van der Waals surface area contributed by atoms with Gasteiger partial charge in [-0.05, 0) is 49.5 Å². The largest absolute Gasteiger partial charge is 0.452 e. The molecule has 0 bridgehead atoms. The molecule has 1 aromatic rings. The summed E-state index contributed by atoms with van der Waals surface area (Å²) in [6.45, 7) is 1.48. The molecule has 1 aliphatic carbocycles. The first-order chi connectivity index (χ1) is 11.3. The van der Waals surface area contributed by atoms with Gasteiger partial charge in [0.05, 0.1) is 5.56 Å². The van der Waals surface area contributed by atoms with Crippen LogP contribution in [0.1, 0.15) is 30.9 Å². The fourth-order valence-electron chi connectivity index (χ4n) is 2.18. The summed E-state index contributed by atoms with van der Waals surface area (Å²) in [5.74, 6) is -0.692. The molecule has 0 radical (unpaired) electrons. The normalized spacial score (nSPS) is 16.0. The van der Waals surface area contributed by atoms with Crippen LogP contribution < -0.4 is 5.32 Å². The molecule has 1 atom stereocenters. The third kappa shape index (κ3) is 5.72. The predicted molar refractivity (Wildman–Crippen MR) is 81.8 cm³/mol. The molecule has 1 amide bonds. The fourth-order valence-corrected chi connectivity index (χ4v) is 2.18. The lowest BCUT2D eigenvalue weighted by atomic mass is 10.1. The number of esters is 1. The van der Waals surface area contributed by atoms with E-state index in [-0.39, 0.29) is 11.6 Å². The Morgan fingerprint density at radius 2 is 2.08 bits per heavy atom. The summed E-state index contributed by atoms with van der Waals surface area (Å²) in [5, 5.41) is 2.73. The van der Waals surface area contributed by atoms with Crippen LogP contribution in [0.5, 0.6) is 0 Å². The maximum Gasteiger partial charge on any atom is 0.416 e. The van der Waals surface area contributed by atoms with Crippen molar-refractivity contribution in [2.24, 2.45) is 5.92 Å². The summed E-state index contributed by atoms with van der Waals surface area (Å²) >= 11 is 0. The van der Waals surface area contributed by atoms with E-state index in [1.807, 2.05) is 6.92 Å². The number of hydrogen-bond donors (Lipinski definition) is 1. The molecule has 0 saturated heterocycles. The first kappa shape index (κ1) is 18.0. The van der Waals surface area contributed by atoms with Gasteiger partial charge in [-0.25, -0.2) is 4.79 Å². The maximum absolute atomic E-state index is 12.6. The highest BCUT2D eigenvalue weighted by molar-refractivity contribution is 5.89. The first-order valence-electron chi connectivity index (χ1n) is 7.57. The first-order valence-corrected chi connectivity index (χ1v) is 7.57. The number of benzene rings is 1. The minimum atomic E-state index is -4.44. The van der Waals surface area contributed by atoms with Gasteiger partial charge in [0, 0.05) is 12.1 Å². The van der Waals surface area contributed by atoms with E-state index in [1.54, 1.807) is 0 Å². The Kier molecular flexibility index (Phi) is 5.64. The van der Waals surface area contributed by atoms with Crippen LogP contribution in [0, 0.1) is 5.92 Å². The van der Waals surface area contributed by atoms with Gasteiger partial charge < -0.3 is 10.1 Å². The Morgan fingerprint density at radius 1 is 1.38 bits per heavy atom. The maximum atomic E-state index is 12.6. The van der Waals surface area contributed by atoms with E-state index in [0.717, 1.165) is 31.1 Å². The minimum absolute atomic E-state index is 0.0526. The molecule has 24 heavy (non-hydrogen) atoms. The van der Waals surface area contributed by atoms with Gasteiger partial charge in [-0.1, -0.05) is 12.1 Å². The second-order valence-electron chi connectivity index (χ2n) is 5.76. The number of halogens is 3. The van der Waals surface area contributed by atoms with Crippen LogP contribution in [0.25, 0.3) is 6.08 Å². The van der Waals surface area contributed by atoms with Gasteiger partial charge in [0.1, 0.15) is 0 Å². The van der Waals surface area contributed by atoms with E-state index in [0.29, 0.717) is 5.92 Å². The second kappa shape index (κ2) is 7.51. The third-order valence-electron chi connectivity index (χ3n) is 3.69. The lowest BCUT2D eigenvalue weighted by Crippen LogP contribution is -2.36. The summed E-state index contributed by atoms with van der Waals surface area (Å²) in [4.78, 5) is 23.1. The third-order valence-corrected chi connectivity index (χ3v) is 3.69. The molecule has 1 fully saturated rings. The molecule has 0 spiro atoms. The number of carbonyl (C=O) groups is 2. The van der Waals surface area contributed by atoms with E-state index >= 15 is 0 Å². The summed E-state index contributed by atoms with van der Waals surface area (Å²) in [6.07, 6.45) is -0.0714. The summed E-state index contributed by atoms with van der Waals surface area (Å²) < 4.78 is 42.5. The van der Waals surface area contributed by atoms with Crippen molar-refractivity contribution < 1.29 is 27.5 Å². The number of nitrogens with one attached hydrogen (secondary N) is 1. The van der Waals surface area contributed by atoms with Crippen LogP contribution >= 0.6 is 0 Å². The molecule has 0 unspecified atom stereocenters. The van der Waals surface area contributed by atoms with Gasteiger partial charge in [-0.2, -0.15) is 13.2 Å². The Morgan fingerprint density at radius 3 is 2.71 bits per heavy atom. The molecule has 7 heteroatoms. The smallest absolute Gasteiger partial charge is 0.416 e. The van der Waals surface area contributed by atoms with Gasteiger partial charge in [0.25, 0.3) is 5.91 Å². The average Bonchev–Trinajstić information content (AvgIpc) is 3.35. The van der Waals surface area contributed by atoms with Crippen LogP contribution in [0.4, 0.5) is 13.2 Å². The Bertz CT molecular complexity index is 636. The number of alkyl halides is 3. The van der Waals surface area contributed by atoms with Gasteiger partial charge in [-0.15, -0.1) is 0 Å². The molecular weight excluding hydrogens is 323 g/mol. The quantitative estimate of drug-likeness (QED) is 0.639.